The molecule has 0 spiro atoms. The summed E-state index contributed by atoms with van der Waals surface area (Å²) in [5.74, 6) is -0.234. The number of alkyl halides is 2. The summed E-state index contributed by atoms with van der Waals surface area (Å²) in [5.41, 5.74) is 2.43. The van der Waals surface area contributed by atoms with E-state index in [1.807, 2.05) is 45.2 Å². The van der Waals surface area contributed by atoms with Gasteiger partial charge in [-0.2, -0.15) is 0 Å². The summed E-state index contributed by atoms with van der Waals surface area (Å²) in [6, 6.07) is 0. The number of hydrogen-bond donors (Lipinski definition) is 1. The van der Waals surface area contributed by atoms with Crippen LogP contribution in [0.4, 0.5) is 0 Å². The fraction of sp³-hybridized carbons (Fsp3) is 0.667. The smallest absolute Gasteiger partial charge is 0.334 e. The molecule has 0 atom stereocenters. The highest BCUT2D eigenvalue weighted by atomic mass is 127. The molecule has 0 aliphatic heterocycles. The zero-order chi connectivity index (χ0) is 6.41. The van der Waals surface area contributed by atoms with Crippen LogP contribution in [0.5, 0.6) is 0 Å². The molecule has 0 aliphatic carbocycles. The largest absolute Gasteiger partial charge is 0.369 e. The number of hydroxylamine groups is 1. The van der Waals surface area contributed by atoms with Gasteiger partial charge in [0.05, 0.1) is 8.98 Å². The fourth-order valence-electron chi connectivity index (χ4n) is 0.135. The average Bonchev–Trinajstić information content (AvgIpc) is 1.83. The maximum Gasteiger partial charge on any atom is 0.334 e. The molecule has 0 aromatic carbocycles. The Kier molecular flexibility index (Phi) is 6.69. The molecule has 0 bridgehead atoms. The van der Waals surface area contributed by atoms with Crippen LogP contribution in [0.2, 0.25) is 0 Å². The van der Waals surface area contributed by atoms with E-state index >= 15 is 0 Å². The number of rotatable bonds is 3. The molecule has 0 aromatic rings. The first kappa shape index (κ1) is 8.89. The molecule has 0 saturated carbocycles. The lowest BCUT2D eigenvalue weighted by molar-refractivity contribution is -0.146. The quantitative estimate of drug-likeness (QED) is 0.358. The van der Waals surface area contributed by atoms with Gasteiger partial charge in [-0.1, -0.05) is 45.2 Å². The lowest BCUT2D eigenvalue weighted by Crippen LogP contribution is -2.18. The Hall–Kier alpha value is 0.890. The predicted molar refractivity (Wildman–Crippen MR) is 47.0 cm³/mol. The number of hydrogen-bond acceptors (Lipinski definition) is 3. The molecule has 48 valence electrons. The van der Waals surface area contributed by atoms with Crippen LogP contribution in [0.25, 0.3) is 0 Å². The van der Waals surface area contributed by atoms with Crippen LogP contribution >= 0.6 is 45.2 Å². The average molecular weight is 341 g/mol. The van der Waals surface area contributed by atoms with Gasteiger partial charge in [-0.05, 0) is 0 Å². The highest BCUT2D eigenvalue weighted by Gasteiger charge is 1.95. The topological polar surface area (TPSA) is 38.3 Å². The van der Waals surface area contributed by atoms with Crippen molar-refractivity contribution in [2.45, 2.75) is 0 Å². The van der Waals surface area contributed by atoms with Gasteiger partial charge < -0.3 is 4.84 Å². The van der Waals surface area contributed by atoms with E-state index in [4.69, 9.17) is 0 Å². The standard InChI is InChI=1S/C3H5I2NO2/c4-1-3(7)8-6-2-5/h6H,1-2H2. The first-order chi connectivity index (χ1) is 3.81. The molecule has 0 aliphatic rings. The number of halogens is 2. The fourth-order valence-corrected chi connectivity index (χ4v) is 0.446. The lowest BCUT2D eigenvalue weighted by atomic mass is 10.8. The van der Waals surface area contributed by atoms with E-state index in [1.165, 1.54) is 0 Å². The Morgan fingerprint density at radius 2 is 2.25 bits per heavy atom. The van der Waals surface area contributed by atoms with Crippen molar-refractivity contribution in [2.24, 2.45) is 0 Å². The molecule has 0 rings (SSSR count). The second kappa shape index (κ2) is 6.02. The van der Waals surface area contributed by atoms with Gasteiger partial charge in [0, 0.05) is 0 Å². The second-order valence-electron chi connectivity index (χ2n) is 0.886. The molecule has 0 radical (unpaired) electrons. The van der Waals surface area contributed by atoms with Crippen LogP contribution in [0.3, 0.4) is 0 Å². The maximum absolute atomic E-state index is 10.3. The Morgan fingerprint density at radius 1 is 1.62 bits per heavy atom. The summed E-state index contributed by atoms with van der Waals surface area (Å²) >= 11 is 3.98. The normalized spacial score (nSPS) is 8.75. The van der Waals surface area contributed by atoms with Crippen molar-refractivity contribution in [1.82, 2.24) is 5.48 Å². The van der Waals surface area contributed by atoms with Crippen molar-refractivity contribution in [3.8, 4) is 0 Å². The summed E-state index contributed by atoms with van der Waals surface area (Å²) in [6.07, 6.45) is 0. The molecule has 0 fully saturated rings. The Labute approximate surface area is 74.8 Å². The minimum atomic E-state index is -0.234. The lowest BCUT2D eigenvalue weighted by Gasteiger charge is -1.96. The van der Waals surface area contributed by atoms with E-state index in [0.717, 1.165) is 0 Å². The second-order valence-corrected chi connectivity index (χ2v) is 2.41. The molecular formula is C3H5I2NO2. The van der Waals surface area contributed by atoms with Crippen molar-refractivity contribution >= 4 is 51.2 Å². The highest BCUT2D eigenvalue weighted by molar-refractivity contribution is 14.1. The molecule has 1 N–H and O–H groups in total. The number of nitrogens with one attached hydrogen (secondary N) is 1. The van der Waals surface area contributed by atoms with Gasteiger partial charge in [0.1, 0.15) is 0 Å². The van der Waals surface area contributed by atoms with E-state index in [0.29, 0.717) is 8.98 Å². The van der Waals surface area contributed by atoms with E-state index in [1.54, 1.807) is 0 Å². The molecule has 0 amide bonds. The van der Waals surface area contributed by atoms with E-state index < -0.39 is 0 Å². The van der Waals surface area contributed by atoms with Crippen LogP contribution in [-0.4, -0.2) is 14.9 Å². The molecule has 3 nitrogen and oxygen atoms in total. The van der Waals surface area contributed by atoms with Gasteiger partial charge in [-0.3, -0.25) is 0 Å². The van der Waals surface area contributed by atoms with Gasteiger partial charge in [0.15, 0.2) is 0 Å². The molecule has 0 heterocycles. The molecule has 0 saturated heterocycles. The maximum atomic E-state index is 10.3. The van der Waals surface area contributed by atoms with Crippen molar-refractivity contribution in [1.29, 1.82) is 0 Å². The summed E-state index contributed by atoms with van der Waals surface area (Å²) < 4.78 is 1.02. The van der Waals surface area contributed by atoms with E-state index in [9.17, 15) is 4.79 Å². The van der Waals surface area contributed by atoms with Crippen LogP contribution in [-0.2, 0) is 9.63 Å². The third-order valence-electron chi connectivity index (χ3n) is 0.350. The Balaban J connectivity index is 2.99. The van der Waals surface area contributed by atoms with Crippen molar-refractivity contribution in [2.75, 3.05) is 8.98 Å². The number of carbonyl (C=O) groups is 1. The van der Waals surface area contributed by atoms with Crippen LogP contribution in [0, 0.1) is 0 Å². The van der Waals surface area contributed by atoms with Crippen LogP contribution in [0.1, 0.15) is 0 Å². The minimum absolute atomic E-state index is 0.234. The van der Waals surface area contributed by atoms with Gasteiger partial charge in [-0.25, -0.2) is 4.79 Å². The molecule has 5 heteroatoms. The van der Waals surface area contributed by atoms with Gasteiger partial charge in [0.2, 0.25) is 0 Å². The minimum Gasteiger partial charge on any atom is -0.369 e. The SMILES string of the molecule is O=C(CI)ONCI. The summed E-state index contributed by atoms with van der Waals surface area (Å²) in [6.45, 7) is 0. The number of carbonyl (C=O) groups excluding carboxylic acids is 1. The Bertz CT molecular complexity index is 77.7. The summed E-state index contributed by atoms with van der Waals surface area (Å²) in [7, 11) is 0. The summed E-state index contributed by atoms with van der Waals surface area (Å²) in [4.78, 5) is 14.7. The van der Waals surface area contributed by atoms with Gasteiger partial charge in [-0.15, -0.1) is 5.48 Å². The molecule has 0 aromatic heterocycles. The summed E-state index contributed by atoms with van der Waals surface area (Å²) in [5, 5.41) is 0. The third-order valence-corrected chi connectivity index (χ3v) is 1.28. The van der Waals surface area contributed by atoms with Gasteiger partial charge in [0.25, 0.3) is 0 Å². The predicted octanol–water partition coefficient (Wildman–Crippen LogP) is 0.862. The van der Waals surface area contributed by atoms with E-state index in [-0.39, 0.29) is 5.97 Å². The molecule has 0 unspecified atom stereocenters. The first-order valence-electron chi connectivity index (χ1n) is 1.85. The van der Waals surface area contributed by atoms with Crippen LogP contribution in [0.15, 0.2) is 0 Å². The van der Waals surface area contributed by atoms with Crippen molar-refractivity contribution in [3.63, 3.8) is 0 Å². The van der Waals surface area contributed by atoms with E-state index in [2.05, 4.69) is 10.3 Å². The third kappa shape index (κ3) is 5.04. The van der Waals surface area contributed by atoms with Crippen molar-refractivity contribution < 1.29 is 9.63 Å². The Morgan fingerprint density at radius 3 is 2.62 bits per heavy atom. The molecular weight excluding hydrogens is 336 g/mol. The zero-order valence-electron chi connectivity index (χ0n) is 3.99. The molecule has 8 heavy (non-hydrogen) atoms. The monoisotopic (exact) mass is 341 g/mol. The van der Waals surface area contributed by atoms with Crippen molar-refractivity contribution in [3.05, 3.63) is 0 Å². The zero-order valence-corrected chi connectivity index (χ0v) is 8.30. The van der Waals surface area contributed by atoms with Crippen LogP contribution < -0.4 is 5.48 Å². The first-order valence-corrected chi connectivity index (χ1v) is 4.91. The van der Waals surface area contributed by atoms with Gasteiger partial charge >= 0.3 is 5.97 Å². The highest BCUT2D eigenvalue weighted by Crippen LogP contribution is 1.83.